The van der Waals surface area contributed by atoms with E-state index in [-0.39, 0.29) is 29.9 Å². The van der Waals surface area contributed by atoms with Crippen LogP contribution in [0, 0.1) is 18.8 Å². The maximum atomic E-state index is 14.5. The van der Waals surface area contributed by atoms with Crippen molar-refractivity contribution in [2.75, 3.05) is 46.6 Å². The Morgan fingerprint density at radius 1 is 0.882 bits per heavy atom. The van der Waals surface area contributed by atoms with E-state index in [1.807, 2.05) is 31.2 Å². The van der Waals surface area contributed by atoms with E-state index in [1.165, 1.54) is 5.56 Å². The number of aliphatic hydroxyl groups is 1. The van der Waals surface area contributed by atoms with Crippen molar-refractivity contribution in [1.82, 2.24) is 10.2 Å². The van der Waals surface area contributed by atoms with Gasteiger partial charge in [0, 0.05) is 32.8 Å². The number of benzene rings is 3. The first-order valence-electron chi connectivity index (χ1n) is 18.5. The molecule has 3 aromatic rings. The zero-order valence-corrected chi connectivity index (χ0v) is 31.4. The molecule has 1 unspecified atom stereocenters. The summed E-state index contributed by atoms with van der Waals surface area (Å²) >= 11 is 12.6. The highest BCUT2D eigenvalue weighted by atomic mass is 35.5. The van der Waals surface area contributed by atoms with Crippen molar-refractivity contribution in [3.05, 3.63) is 86.9 Å². The number of aryl methyl sites for hydroxylation is 2. The molecule has 1 aliphatic heterocycles. The first kappa shape index (κ1) is 37.7. The fraction of sp³-hybridized carbons (Fsp3) is 0.537. The van der Waals surface area contributed by atoms with Crippen LogP contribution in [0.3, 0.4) is 0 Å². The predicted octanol–water partition coefficient (Wildman–Crippen LogP) is 7.76. The minimum absolute atomic E-state index is 0.115. The summed E-state index contributed by atoms with van der Waals surface area (Å²) in [6, 6.07) is 18.5. The van der Waals surface area contributed by atoms with E-state index in [4.69, 9.17) is 42.1 Å². The van der Waals surface area contributed by atoms with Crippen LogP contribution in [0.25, 0.3) is 0 Å². The molecule has 2 saturated carbocycles. The van der Waals surface area contributed by atoms with E-state index in [0.717, 1.165) is 86.1 Å². The molecule has 0 radical (unpaired) electrons. The van der Waals surface area contributed by atoms with Gasteiger partial charge in [-0.3, -0.25) is 4.79 Å². The number of nitrogens with zero attached hydrogens (tertiary/aromatic N) is 1. The van der Waals surface area contributed by atoms with Crippen LogP contribution in [0.2, 0.25) is 10.0 Å². The Hall–Kier alpha value is -3.01. The number of aliphatic hydroxyl groups excluding tert-OH is 1. The number of piperidine rings is 1. The van der Waals surface area contributed by atoms with Crippen LogP contribution < -0.4 is 19.5 Å². The van der Waals surface area contributed by atoms with Crippen molar-refractivity contribution in [3.63, 3.8) is 0 Å². The van der Waals surface area contributed by atoms with Gasteiger partial charge in [0.1, 0.15) is 24.7 Å². The van der Waals surface area contributed by atoms with Crippen molar-refractivity contribution < 1.29 is 28.8 Å². The van der Waals surface area contributed by atoms with Gasteiger partial charge in [0.25, 0.3) is 0 Å². The number of hydrogen-bond acceptors (Lipinski definition) is 7. The molecule has 10 heteroatoms. The summed E-state index contributed by atoms with van der Waals surface area (Å²) in [5.41, 5.74) is 4.43. The molecular weight excluding hydrogens is 687 g/mol. The van der Waals surface area contributed by atoms with E-state index < -0.39 is 0 Å². The minimum Gasteiger partial charge on any atom is -0.493 e. The fourth-order valence-electron chi connectivity index (χ4n) is 7.52. The third-order valence-corrected chi connectivity index (χ3v) is 10.9. The molecule has 0 aromatic heterocycles. The molecule has 1 saturated heterocycles. The number of hydrogen-bond donors (Lipinski definition) is 2. The molecule has 4 atom stereocenters. The Labute approximate surface area is 312 Å². The normalized spacial score (nSPS) is 21.7. The summed E-state index contributed by atoms with van der Waals surface area (Å²) in [5, 5.41) is 14.5. The predicted molar refractivity (Wildman–Crippen MR) is 201 cm³/mol. The molecule has 1 amide bonds. The molecule has 51 heavy (non-hydrogen) atoms. The van der Waals surface area contributed by atoms with E-state index >= 15 is 0 Å². The first-order valence-corrected chi connectivity index (χ1v) is 19.3. The number of methoxy groups -OCH3 is 1. The summed E-state index contributed by atoms with van der Waals surface area (Å²) in [4.78, 5) is 16.6. The molecule has 276 valence electrons. The highest BCUT2D eigenvalue weighted by Crippen LogP contribution is 2.38. The van der Waals surface area contributed by atoms with Gasteiger partial charge in [0.05, 0.1) is 28.7 Å². The van der Waals surface area contributed by atoms with Gasteiger partial charge in [-0.15, -0.1) is 0 Å². The van der Waals surface area contributed by atoms with E-state index in [2.05, 4.69) is 40.5 Å². The second-order valence-corrected chi connectivity index (χ2v) is 15.3. The van der Waals surface area contributed by atoms with Gasteiger partial charge in [-0.1, -0.05) is 41.4 Å². The Balaban J connectivity index is 1.10. The molecule has 1 heterocycles. The second kappa shape index (κ2) is 18.2. The summed E-state index contributed by atoms with van der Waals surface area (Å²) in [6.07, 6.45) is 7.19. The SMILES string of the molecule is COCCCc1cc(CN(C(=O)[C@H]2CNCC[C@@H]2c2ccc(OCCOc3c(Cl)cc(C)cc3Cl)cc2)C2CC2)cc(OC[C@@H]2CCC(O)C2)c1. The summed E-state index contributed by atoms with van der Waals surface area (Å²) < 4.78 is 23.4. The fourth-order valence-corrected chi connectivity index (χ4v) is 8.23. The summed E-state index contributed by atoms with van der Waals surface area (Å²) in [6.45, 7) is 5.98. The number of ether oxygens (including phenoxy) is 4. The van der Waals surface area contributed by atoms with Gasteiger partial charge in [-0.25, -0.2) is 0 Å². The van der Waals surface area contributed by atoms with Crippen LogP contribution in [0.1, 0.15) is 73.1 Å². The van der Waals surface area contributed by atoms with E-state index in [9.17, 15) is 9.90 Å². The molecule has 3 aliphatic rings. The standard InChI is InChI=1S/C41H52Cl2N2O6/c1-27-18-38(42)40(39(43)19-27)50-17-16-49-34-11-6-31(7-12-34)36-13-14-44-24-37(36)41(47)45(32-8-9-32)25-30-20-28(4-3-15-48-2)22-35(23-30)51-26-29-5-10-33(46)21-29/h6-7,11-12,18-20,22-23,29,32-33,36-37,44,46H,3-5,8-10,13-17,21,24-26H2,1-2H3/t29-,33?,36-,37+/m1/s1. The van der Waals surface area contributed by atoms with E-state index in [0.29, 0.717) is 61.2 Å². The zero-order valence-electron chi connectivity index (χ0n) is 29.9. The number of rotatable bonds is 17. The highest BCUT2D eigenvalue weighted by Gasteiger charge is 2.40. The number of carbonyl (C=O) groups is 1. The molecule has 3 aromatic carbocycles. The topological polar surface area (TPSA) is 89.5 Å². The van der Waals surface area contributed by atoms with E-state index in [1.54, 1.807) is 7.11 Å². The molecule has 0 bridgehead atoms. The lowest BCUT2D eigenvalue weighted by Crippen LogP contribution is -2.47. The minimum atomic E-state index is -0.215. The smallest absolute Gasteiger partial charge is 0.228 e. The highest BCUT2D eigenvalue weighted by molar-refractivity contribution is 6.37. The molecular formula is C41H52Cl2N2O6. The Morgan fingerprint density at radius 2 is 1.63 bits per heavy atom. The van der Waals surface area contributed by atoms with Crippen molar-refractivity contribution in [2.24, 2.45) is 11.8 Å². The van der Waals surface area contributed by atoms with Gasteiger partial charge in [0.15, 0.2) is 5.75 Å². The van der Waals surface area contributed by atoms with Gasteiger partial charge in [0.2, 0.25) is 5.91 Å². The van der Waals surface area contributed by atoms with Crippen LogP contribution in [0.4, 0.5) is 0 Å². The van der Waals surface area contributed by atoms with Crippen LogP contribution in [0.5, 0.6) is 17.2 Å². The van der Waals surface area contributed by atoms with Crippen molar-refractivity contribution in [2.45, 2.75) is 82.9 Å². The third-order valence-electron chi connectivity index (χ3n) is 10.3. The summed E-state index contributed by atoms with van der Waals surface area (Å²) in [7, 11) is 1.73. The molecule has 0 spiro atoms. The molecule has 2 aliphatic carbocycles. The van der Waals surface area contributed by atoms with Crippen molar-refractivity contribution >= 4 is 29.1 Å². The zero-order chi connectivity index (χ0) is 35.7. The maximum absolute atomic E-state index is 14.5. The second-order valence-electron chi connectivity index (χ2n) is 14.5. The number of nitrogens with one attached hydrogen (secondary N) is 1. The molecule has 3 fully saturated rings. The van der Waals surface area contributed by atoms with Crippen LogP contribution >= 0.6 is 23.2 Å². The molecule has 8 nitrogen and oxygen atoms in total. The lowest BCUT2D eigenvalue weighted by molar-refractivity contribution is -0.138. The Kier molecular flexibility index (Phi) is 13.4. The van der Waals surface area contributed by atoms with Crippen LogP contribution in [-0.4, -0.2) is 74.7 Å². The van der Waals surface area contributed by atoms with Gasteiger partial charge in [-0.2, -0.15) is 0 Å². The quantitative estimate of drug-likeness (QED) is 0.137. The molecule has 2 N–H and O–H groups in total. The maximum Gasteiger partial charge on any atom is 0.228 e. The van der Waals surface area contributed by atoms with Crippen molar-refractivity contribution in [3.8, 4) is 17.2 Å². The Morgan fingerprint density at radius 3 is 2.33 bits per heavy atom. The monoisotopic (exact) mass is 738 g/mol. The van der Waals surface area contributed by atoms with Crippen LogP contribution in [0.15, 0.2) is 54.6 Å². The number of halogens is 2. The largest absolute Gasteiger partial charge is 0.493 e. The number of carbonyl (C=O) groups excluding carboxylic acids is 1. The average Bonchev–Trinajstić information content (AvgIpc) is 3.88. The Bertz CT molecular complexity index is 1580. The van der Waals surface area contributed by atoms with Crippen molar-refractivity contribution in [1.29, 1.82) is 0 Å². The summed E-state index contributed by atoms with van der Waals surface area (Å²) in [5.74, 6) is 2.61. The lowest BCUT2D eigenvalue weighted by atomic mass is 9.80. The van der Waals surface area contributed by atoms with Gasteiger partial charge >= 0.3 is 0 Å². The van der Waals surface area contributed by atoms with Crippen LogP contribution in [-0.2, 0) is 22.5 Å². The average molecular weight is 740 g/mol. The number of amides is 1. The molecule has 6 rings (SSSR count). The lowest BCUT2D eigenvalue weighted by Gasteiger charge is -2.36. The first-order chi connectivity index (χ1) is 24.8. The van der Waals surface area contributed by atoms with Gasteiger partial charge < -0.3 is 34.3 Å². The third kappa shape index (κ3) is 10.5. The van der Waals surface area contributed by atoms with Gasteiger partial charge in [-0.05, 0) is 135 Å².